The molecule has 0 saturated carbocycles. The van der Waals surface area contributed by atoms with Gasteiger partial charge in [0.15, 0.2) is 0 Å². The first-order chi connectivity index (χ1) is 4.36. The van der Waals surface area contributed by atoms with Gasteiger partial charge in [-0.3, -0.25) is 4.90 Å². The van der Waals surface area contributed by atoms with E-state index in [4.69, 9.17) is 5.73 Å². The summed E-state index contributed by atoms with van der Waals surface area (Å²) < 4.78 is 0. The van der Waals surface area contributed by atoms with E-state index in [0.717, 1.165) is 5.92 Å². The van der Waals surface area contributed by atoms with Crippen molar-refractivity contribution in [1.82, 2.24) is 4.90 Å². The van der Waals surface area contributed by atoms with Crippen LogP contribution in [0.3, 0.4) is 0 Å². The fourth-order valence-electron chi connectivity index (χ4n) is 2.01. The molecule has 3 saturated heterocycles. The van der Waals surface area contributed by atoms with Gasteiger partial charge in [-0.25, -0.2) is 0 Å². The number of nitrogens with zero attached hydrogens (tertiary/aromatic N) is 1. The zero-order valence-electron chi connectivity index (χ0n) is 6.53. The minimum Gasteiger partial charge on any atom is -0.316 e. The molecule has 0 radical (unpaired) electrons. The van der Waals surface area contributed by atoms with Crippen molar-refractivity contribution in [3.8, 4) is 0 Å². The average molecular weight is 199 g/mol. The Kier molecular flexibility index (Phi) is 4.71. The van der Waals surface area contributed by atoms with E-state index in [-0.39, 0.29) is 24.8 Å². The lowest BCUT2D eigenvalue weighted by molar-refractivity contribution is 0.0531. The molecule has 1 atom stereocenters. The van der Waals surface area contributed by atoms with Crippen LogP contribution in [-0.2, 0) is 0 Å². The Morgan fingerprint density at radius 1 is 1.09 bits per heavy atom. The largest absolute Gasteiger partial charge is 0.316 e. The van der Waals surface area contributed by atoms with Gasteiger partial charge in [0.1, 0.15) is 0 Å². The van der Waals surface area contributed by atoms with Crippen molar-refractivity contribution in [1.29, 1.82) is 0 Å². The van der Waals surface area contributed by atoms with E-state index in [1.807, 2.05) is 0 Å². The van der Waals surface area contributed by atoms with Crippen LogP contribution in [-0.4, -0.2) is 24.2 Å². The summed E-state index contributed by atoms with van der Waals surface area (Å²) in [6.07, 6.45) is 4.44. The van der Waals surface area contributed by atoms with Gasteiger partial charge >= 0.3 is 0 Å². The Morgan fingerprint density at radius 3 is 1.82 bits per heavy atom. The molecule has 4 heteroatoms. The summed E-state index contributed by atoms with van der Waals surface area (Å²) in [7, 11) is 0. The molecular formula is C7H16Cl2N2. The summed E-state index contributed by atoms with van der Waals surface area (Å²) in [4.78, 5) is 2.40. The third kappa shape index (κ3) is 2.22. The van der Waals surface area contributed by atoms with Gasteiger partial charge in [0.2, 0.25) is 0 Å². The van der Waals surface area contributed by atoms with Crippen LogP contribution in [0.15, 0.2) is 0 Å². The Hall–Kier alpha value is 0.500. The highest BCUT2D eigenvalue weighted by Gasteiger charge is 2.30. The highest BCUT2D eigenvalue weighted by atomic mass is 35.5. The van der Waals surface area contributed by atoms with Crippen molar-refractivity contribution < 1.29 is 0 Å². The molecule has 0 aromatic carbocycles. The second-order valence-corrected chi connectivity index (χ2v) is 3.28. The van der Waals surface area contributed by atoms with E-state index in [0.29, 0.717) is 6.17 Å². The van der Waals surface area contributed by atoms with Gasteiger partial charge in [-0.1, -0.05) is 0 Å². The predicted octanol–water partition coefficient (Wildman–Crippen LogP) is 1.23. The number of piperidine rings is 3. The van der Waals surface area contributed by atoms with E-state index in [2.05, 4.69) is 4.90 Å². The standard InChI is InChI=1S/C7H14N2.2ClH/c8-7-5-6-1-3-9(7)4-2-6;;/h6-7H,1-5,8H2;2*1H. The van der Waals surface area contributed by atoms with Gasteiger partial charge in [0, 0.05) is 0 Å². The molecule has 1 unspecified atom stereocenters. The lowest BCUT2D eigenvalue weighted by Crippen LogP contribution is -2.52. The molecule has 0 aromatic heterocycles. The van der Waals surface area contributed by atoms with E-state index in [1.165, 1.54) is 32.4 Å². The molecule has 3 fully saturated rings. The summed E-state index contributed by atoms with van der Waals surface area (Å²) >= 11 is 0. The first-order valence-corrected chi connectivity index (χ1v) is 3.86. The molecule has 3 heterocycles. The summed E-state index contributed by atoms with van der Waals surface area (Å²) in [6, 6.07) is 0. The molecule has 11 heavy (non-hydrogen) atoms. The SMILES string of the molecule is Cl.Cl.NC1CC2CCN1CC2. The van der Waals surface area contributed by atoms with Crippen LogP contribution in [0.2, 0.25) is 0 Å². The number of fused-ring (bicyclic) bond motifs is 3. The van der Waals surface area contributed by atoms with Crippen LogP contribution in [0.25, 0.3) is 0 Å². The fourth-order valence-corrected chi connectivity index (χ4v) is 2.01. The van der Waals surface area contributed by atoms with E-state index >= 15 is 0 Å². The lowest BCUT2D eigenvalue weighted by atomic mass is 9.87. The molecule has 68 valence electrons. The second-order valence-electron chi connectivity index (χ2n) is 3.28. The van der Waals surface area contributed by atoms with Crippen molar-refractivity contribution in [2.75, 3.05) is 13.1 Å². The molecule has 3 aliphatic heterocycles. The van der Waals surface area contributed by atoms with Crippen molar-refractivity contribution in [3.05, 3.63) is 0 Å². The lowest BCUT2D eigenvalue weighted by Gasteiger charge is -2.43. The Balaban J connectivity index is 0.000000500. The number of halogens is 2. The Morgan fingerprint density at radius 2 is 1.64 bits per heavy atom. The molecule has 2 N–H and O–H groups in total. The number of rotatable bonds is 0. The predicted molar refractivity (Wildman–Crippen MR) is 51.4 cm³/mol. The average Bonchev–Trinajstić information content (AvgIpc) is 1.90. The highest BCUT2D eigenvalue weighted by Crippen LogP contribution is 2.29. The smallest absolute Gasteiger partial charge is 0.0574 e. The van der Waals surface area contributed by atoms with Crippen LogP contribution in [0.5, 0.6) is 0 Å². The molecule has 3 rings (SSSR count). The first kappa shape index (κ1) is 11.5. The van der Waals surface area contributed by atoms with Gasteiger partial charge in [0.25, 0.3) is 0 Å². The van der Waals surface area contributed by atoms with E-state index in [1.54, 1.807) is 0 Å². The van der Waals surface area contributed by atoms with Crippen molar-refractivity contribution in [2.24, 2.45) is 11.7 Å². The molecule has 0 aromatic rings. The molecule has 0 amide bonds. The molecule has 0 aliphatic carbocycles. The van der Waals surface area contributed by atoms with Crippen LogP contribution in [0.1, 0.15) is 19.3 Å². The van der Waals surface area contributed by atoms with Crippen LogP contribution >= 0.6 is 24.8 Å². The summed E-state index contributed by atoms with van der Waals surface area (Å²) in [5.74, 6) is 0.963. The molecule has 2 nitrogen and oxygen atoms in total. The van der Waals surface area contributed by atoms with Gasteiger partial charge in [-0.05, 0) is 38.3 Å². The van der Waals surface area contributed by atoms with Gasteiger partial charge < -0.3 is 5.73 Å². The molecule has 2 bridgehead atoms. The maximum atomic E-state index is 5.85. The van der Waals surface area contributed by atoms with Gasteiger partial charge in [-0.15, -0.1) is 24.8 Å². The Labute approximate surface area is 80.3 Å². The minimum atomic E-state index is 0. The second kappa shape index (κ2) is 4.51. The molecular weight excluding hydrogens is 183 g/mol. The van der Waals surface area contributed by atoms with Crippen molar-refractivity contribution >= 4 is 24.8 Å². The van der Waals surface area contributed by atoms with E-state index in [9.17, 15) is 0 Å². The molecule has 3 aliphatic rings. The van der Waals surface area contributed by atoms with Crippen molar-refractivity contribution in [3.63, 3.8) is 0 Å². The highest BCUT2D eigenvalue weighted by molar-refractivity contribution is 5.85. The van der Waals surface area contributed by atoms with Gasteiger partial charge in [0.05, 0.1) is 6.17 Å². The monoisotopic (exact) mass is 198 g/mol. The number of hydrogen-bond acceptors (Lipinski definition) is 2. The van der Waals surface area contributed by atoms with E-state index < -0.39 is 0 Å². The zero-order chi connectivity index (χ0) is 6.27. The topological polar surface area (TPSA) is 29.3 Å². The molecule has 0 spiro atoms. The maximum absolute atomic E-state index is 5.85. The van der Waals surface area contributed by atoms with Crippen LogP contribution < -0.4 is 5.73 Å². The maximum Gasteiger partial charge on any atom is 0.0574 e. The fraction of sp³-hybridized carbons (Fsp3) is 1.00. The van der Waals surface area contributed by atoms with Crippen LogP contribution in [0.4, 0.5) is 0 Å². The number of nitrogens with two attached hydrogens (primary N) is 1. The van der Waals surface area contributed by atoms with Crippen molar-refractivity contribution in [2.45, 2.75) is 25.4 Å². The summed E-state index contributed by atoms with van der Waals surface area (Å²) in [6.45, 7) is 2.51. The first-order valence-electron chi connectivity index (χ1n) is 3.86. The summed E-state index contributed by atoms with van der Waals surface area (Å²) in [5, 5.41) is 0. The quantitative estimate of drug-likeness (QED) is 0.635. The third-order valence-electron chi connectivity index (χ3n) is 2.69. The normalized spacial score (nSPS) is 40.6. The minimum absolute atomic E-state index is 0. The Bertz CT molecular complexity index is 113. The zero-order valence-corrected chi connectivity index (χ0v) is 8.16. The third-order valence-corrected chi connectivity index (χ3v) is 2.69. The van der Waals surface area contributed by atoms with Gasteiger partial charge in [-0.2, -0.15) is 0 Å². The summed E-state index contributed by atoms with van der Waals surface area (Å²) in [5.41, 5.74) is 5.85. The number of hydrogen-bond donors (Lipinski definition) is 1. The van der Waals surface area contributed by atoms with Crippen LogP contribution in [0, 0.1) is 5.92 Å².